The summed E-state index contributed by atoms with van der Waals surface area (Å²) in [6.07, 6.45) is 0.264. The molecule has 0 spiro atoms. The molecule has 2 aromatic carbocycles. The van der Waals surface area contributed by atoms with E-state index in [1.165, 1.54) is 0 Å². The molecule has 0 fully saturated rings. The Labute approximate surface area is 131 Å². The summed E-state index contributed by atoms with van der Waals surface area (Å²) in [5.74, 6) is 0. The largest absolute Gasteiger partial charge is 0.488 e. The highest BCUT2D eigenvalue weighted by molar-refractivity contribution is 6.67. The van der Waals surface area contributed by atoms with E-state index in [9.17, 15) is 10.0 Å². The van der Waals surface area contributed by atoms with Gasteiger partial charge in [0.05, 0.1) is 0 Å². The topological polar surface area (TPSA) is 40.5 Å². The van der Waals surface area contributed by atoms with Crippen molar-refractivity contribution in [1.82, 2.24) is 0 Å². The van der Waals surface area contributed by atoms with Crippen LogP contribution in [-0.2, 0) is 6.42 Å². The molecule has 0 bridgehead atoms. The average molecular weight is 261 g/mol. The lowest BCUT2D eigenvalue weighted by Gasteiger charge is -2.22. The smallest absolute Gasteiger partial charge is 0.423 e. The highest BCUT2D eigenvalue weighted by atomic mass is 16.4. The van der Waals surface area contributed by atoms with Gasteiger partial charge in [-0.05, 0) is 17.4 Å². The van der Waals surface area contributed by atoms with Gasteiger partial charge in [-0.15, -0.1) is 27.3 Å². The summed E-state index contributed by atoms with van der Waals surface area (Å²) in [5.41, 5.74) is 2.57. The fraction of sp³-hybridized carbons (Fsp3) is 0.0769. The van der Waals surface area contributed by atoms with Crippen LogP contribution >= 0.6 is 0 Å². The van der Waals surface area contributed by atoms with Crippen molar-refractivity contribution in [3.8, 4) is 0 Å². The molecule has 2 N–H and O–H groups in total. The summed E-state index contributed by atoms with van der Waals surface area (Å²) >= 11 is 0. The van der Waals surface area contributed by atoms with E-state index < -0.39 is 7.12 Å². The number of hydrogen-bond acceptors (Lipinski definition) is 2. The van der Waals surface area contributed by atoms with Crippen molar-refractivity contribution in [2.45, 2.75) is 6.42 Å². The molecule has 2 rings (SSSR count). The van der Waals surface area contributed by atoms with Crippen LogP contribution in [0, 0.1) is 0 Å². The van der Waals surface area contributed by atoms with E-state index in [0.717, 1.165) is 0 Å². The fourth-order valence-corrected chi connectivity index (χ4v) is 2.23. The van der Waals surface area contributed by atoms with Gasteiger partial charge in [-0.25, -0.2) is 0 Å². The Kier molecular flexibility index (Phi) is 4.80. The molecule has 0 saturated heterocycles. The maximum atomic E-state index is 9.40. The van der Waals surface area contributed by atoms with E-state index in [-0.39, 0.29) is 33.7 Å². The van der Waals surface area contributed by atoms with Crippen molar-refractivity contribution >= 4 is 79.1 Å². The van der Waals surface area contributed by atoms with E-state index in [2.05, 4.69) is 0 Å². The molecule has 0 aliphatic heterocycles. The third-order valence-electron chi connectivity index (χ3n) is 3.51. The summed E-state index contributed by atoms with van der Waals surface area (Å²) < 4.78 is 0. The summed E-state index contributed by atoms with van der Waals surface area (Å²) in [4.78, 5) is 0. The highest BCUT2D eigenvalue weighted by Crippen LogP contribution is 2.03. The van der Waals surface area contributed by atoms with Gasteiger partial charge in [0.15, 0.2) is 0 Å². The molecule has 0 amide bonds. The van der Waals surface area contributed by atoms with E-state index in [1.54, 1.807) is 24.3 Å². The van der Waals surface area contributed by atoms with E-state index in [0.29, 0.717) is 16.6 Å². The zero-order chi connectivity index (χ0) is 15.7. The molecular formula is C13H8B6O2. The van der Waals surface area contributed by atoms with Crippen LogP contribution in [0.1, 0.15) is 11.1 Å². The normalized spacial score (nSPS) is 10.6. The summed E-state index contributed by atoms with van der Waals surface area (Å²) in [5, 5.41) is 18.8. The molecule has 0 saturated carbocycles. The Hall–Kier alpha value is -1.25. The summed E-state index contributed by atoms with van der Waals surface area (Å²) in [6.45, 7) is 0. The van der Waals surface area contributed by atoms with Crippen molar-refractivity contribution in [2.24, 2.45) is 0 Å². The minimum Gasteiger partial charge on any atom is -0.423 e. The van der Waals surface area contributed by atoms with Crippen LogP contribution < -0.4 is 32.8 Å². The van der Waals surface area contributed by atoms with Gasteiger partial charge in [-0.1, -0.05) is 29.8 Å². The van der Waals surface area contributed by atoms with Gasteiger partial charge < -0.3 is 10.0 Å². The molecular weight excluding hydrogens is 253 g/mol. The van der Waals surface area contributed by atoms with Crippen LogP contribution in [-0.4, -0.2) is 56.4 Å². The van der Waals surface area contributed by atoms with Crippen LogP contribution in [0.5, 0.6) is 0 Å². The second-order valence-electron chi connectivity index (χ2n) is 4.80. The summed E-state index contributed by atoms with van der Waals surface area (Å²) in [7, 11) is 27.7. The Morgan fingerprint density at radius 3 is 1.76 bits per heavy atom. The molecule has 0 aromatic heterocycles. The van der Waals surface area contributed by atoms with E-state index >= 15 is 0 Å². The van der Waals surface area contributed by atoms with Gasteiger partial charge in [0, 0.05) is 0 Å². The Morgan fingerprint density at radius 2 is 1.24 bits per heavy atom. The molecule has 0 atom stereocenters. The minimum atomic E-state index is -1.59. The third-order valence-corrected chi connectivity index (χ3v) is 3.51. The zero-order valence-electron chi connectivity index (χ0n) is 11.4. The lowest BCUT2D eigenvalue weighted by atomic mass is 9.59. The minimum absolute atomic E-state index is 0.157. The molecule has 0 aliphatic rings. The molecule has 0 heterocycles. The van der Waals surface area contributed by atoms with E-state index in [1.807, 2.05) is 0 Å². The van der Waals surface area contributed by atoms with Gasteiger partial charge in [0.25, 0.3) is 0 Å². The fourth-order valence-electron chi connectivity index (χ4n) is 2.23. The van der Waals surface area contributed by atoms with E-state index in [4.69, 9.17) is 39.2 Å². The second-order valence-corrected chi connectivity index (χ2v) is 4.80. The molecule has 0 aliphatic carbocycles. The standard InChI is InChI=1S/C13H8B6O2/c14-9-7(10(15)12(17)13(18)11(9)16)5-6-3-1-2-4-8(6)19(20)21/h1-4,20-21H,5H2. The molecule has 2 nitrogen and oxygen atoms in total. The van der Waals surface area contributed by atoms with Crippen LogP contribution in [0.15, 0.2) is 24.3 Å². The third kappa shape index (κ3) is 3.02. The first-order chi connectivity index (χ1) is 9.84. The molecule has 90 valence electrons. The predicted octanol–water partition coefficient (Wildman–Crippen LogP) is -5.07. The first-order valence-corrected chi connectivity index (χ1v) is 6.28. The van der Waals surface area contributed by atoms with Crippen LogP contribution in [0.2, 0.25) is 0 Å². The van der Waals surface area contributed by atoms with Gasteiger partial charge in [0.2, 0.25) is 0 Å². The number of hydrogen-bond donors (Lipinski definition) is 2. The Bertz CT molecular complexity index is 658. The molecule has 10 radical (unpaired) electrons. The van der Waals surface area contributed by atoms with Crippen molar-refractivity contribution in [3.63, 3.8) is 0 Å². The Morgan fingerprint density at radius 1 is 0.762 bits per heavy atom. The van der Waals surface area contributed by atoms with Crippen LogP contribution in [0.3, 0.4) is 0 Å². The summed E-state index contributed by atoms with van der Waals surface area (Å²) in [6, 6.07) is 6.83. The van der Waals surface area contributed by atoms with Crippen LogP contribution in [0.4, 0.5) is 0 Å². The average Bonchev–Trinajstić information content (AvgIpc) is 2.48. The van der Waals surface area contributed by atoms with Crippen molar-refractivity contribution in [2.75, 3.05) is 0 Å². The van der Waals surface area contributed by atoms with Crippen molar-refractivity contribution in [3.05, 3.63) is 35.4 Å². The van der Waals surface area contributed by atoms with Gasteiger partial charge >= 0.3 is 7.12 Å². The maximum Gasteiger partial charge on any atom is 0.488 e. The lowest BCUT2D eigenvalue weighted by Crippen LogP contribution is -2.56. The molecule has 2 aromatic rings. The second kappa shape index (κ2) is 6.25. The Balaban J connectivity index is 2.56. The maximum absolute atomic E-state index is 9.40. The van der Waals surface area contributed by atoms with Crippen molar-refractivity contribution in [1.29, 1.82) is 0 Å². The lowest BCUT2D eigenvalue weighted by molar-refractivity contribution is 0.425. The highest BCUT2D eigenvalue weighted by Gasteiger charge is 2.17. The van der Waals surface area contributed by atoms with Crippen LogP contribution in [0.25, 0.3) is 0 Å². The number of rotatable bonds is 3. The quantitative estimate of drug-likeness (QED) is 0.543. The van der Waals surface area contributed by atoms with Gasteiger partial charge in [0.1, 0.15) is 39.2 Å². The van der Waals surface area contributed by atoms with Crippen molar-refractivity contribution < 1.29 is 10.0 Å². The molecule has 0 unspecified atom stereocenters. The first-order valence-electron chi connectivity index (χ1n) is 6.28. The van der Waals surface area contributed by atoms with Gasteiger partial charge in [-0.3, -0.25) is 0 Å². The van der Waals surface area contributed by atoms with Gasteiger partial charge in [-0.2, -0.15) is 0 Å². The molecule has 21 heavy (non-hydrogen) atoms. The SMILES string of the molecule is [B]c1c([B])c([B])c(Cc2ccccc2B(O)O)c([B])c1[B]. The number of benzene rings is 2. The first kappa shape index (κ1) is 16.1. The zero-order valence-corrected chi connectivity index (χ0v) is 11.4. The predicted molar refractivity (Wildman–Crippen MR) is 92.5 cm³/mol. The molecule has 8 heteroatoms. The monoisotopic (exact) mass is 262 g/mol.